The van der Waals surface area contributed by atoms with Gasteiger partial charge in [-0.3, -0.25) is 0 Å². The summed E-state index contributed by atoms with van der Waals surface area (Å²) in [4.78, 5) is 0. The highest BCUT2D eigenvalue weighted by atomic mass is 35.5. The summed E-state index contributed by atoms with van der Waals surface area (Å²) in [6.07, 6.45) is 2.00. The van der Waals surface area contributed by atoms with E-state index in [1.807, 2.05) is 6.26 Å². The Balaban J connectivity index is 2.86. The second-order valence-corrected chi connectivity index (χ2v) is 3.45. The van der Waals surface area contributed by atoms with Crippen molar-refractivity contribution in [3.05, 3.63) is 34.6 Å². The molecule has 1 rings (SSSR count). The fourth-order valence-electron chi connectivity index (χ4n) is 0.796. The molecule has 1 aromatic carbocycles. The lowest BCUT2D eigenvalue weighted by Crippen LogP contribution is -1.82. The fraction of sp³-hybridized carbons (Fsp3) is 0.250. The Hall–Kier alpha value is -0.210. The smallest absolute Gasteiger partial charge is 0.141 e. The zero-order valence-corrected chi connectivity index (χ0v) is 7.68. The van der Waals surface area contributed by atoms with E-state index in [9.17, 15) is 4.39 Å². The lowest BCUT2D eigenvalue weighted by Gasteiger charge is -1.98. The van der Waals surface area contributed by atoms with Crippen molar-refractivity contribution in [3.63, 3.8) is 0 Å². The summed E-state index contributed by atoms with van der Waals surface area (Å²) in [6, 6.07) is 4.80. The molecule has 0 aliphatic rings. The maximum absolute atomic E-state index is 12.6. The highest BCUT2D eigenvalue weighted by molar-refractivity contribution is 7.97. The third-order valence-electron chi connectivity index (χ3n) is 1.30. The van der Waals surface area contributed by atoms with Crippen LogP contribution in [0.1, 0.15) is 5.56 Å². The van der Waals surface area contributed by atoms with E-state index in [0.717, 1.165) is 11.3 Å². The first-order chi connectivity index (χ1) is 5.24. The Labute approximate surface area is 74.8 Å². The van der Waals surface area contributed by atoms with Gasteiger partial charge in [0.05, 0.1) is 5.02 Å². The summed E-state index contributed by atoms with van der Waals surface area (Å²) in [5, 5.41) is 0.205. The summed E-state index contributed by atoms with van der Waals surface area (Å²) in [6.45, 7) is 0. The number of rotatable bonds is 2. The van der Waals surface area contributed by atoms with Crippen molar-refractivity contribution in [3.8, 4) is 0 Å². The fourth-order valence-corrected chi connectivity index (χ4v) is 1.51. The minimum absolute atomic E-state index is 0.205. The second kappa shape index (κ2) is 3.98. The van der Waals surface area contributed by atoms with Crippen LogP contribution in [0.5, 0.6) is 0 Å². The lowest BCUT2D eigenvalue weighted by molar-refractivity contribution is 0.628. The minimum Gasteiger partial charge on any atom is -0.205 e. The van der Waals surface area contributed by atoms with E-state index in [0.29, 0.717) is 0 Å². The molecule has 0 aromatic heterocycles. The molecule has 60 valence electrons. The van der Waals surface area contributed by atoms with E-state index < -0.39 is 0 Å². The molecule has 0 N–H and O–H groups in total. The van der Waals surface area contributed by atoms with Gasteiger partial charge in [-0.15, -0.1) is 0 Å². The van der Waals surface area contributed by atoms with Gasteiger partial charge in [-0.1, -0.05) is 17.7 Å². The minimum atomic E-state index is -0.350. The van der Waals surface area contributed by atoms with Gasteiger partial charge in [0.25, 0.3) is 0 Å². The van der Waals surface area contributed by atoms with Crippen LogP contribution in [0.4, 0.5) is 4.39 Å². The third kappa shape index (κ3) is 2.38. The van der Waals surface area contributed by atoms with Crippen LogP contribution in [0.15, 0.2) is 18.2 Å². The number of hydrogen-bond acceptors (Lipinski definition) is 1. The van der Waals surface area contributed by atoms with Gasteiger partial charge in [0.2, 0.25) is 0 Å². The van der Waals surface area contributed by atoms with Crippen LogP contribution in [-0.4, -0.2) is 6.26 Å². The molecule has 0 atom stereocenters. The van der Waals surface area contributed by atoms with E-state index in [1.54, 1.807) is 23.9 Å². The first-order valence-electron chi connectivity index (χ1n) is 3.17. The predicted octanol–water partition coefficient (Wildman–Crippen LogP) is 3.34. The summed E-state index contributed by atoms with van der Waals surface area (Å²) in [5.74, 6) is 0.525. The van der Waals surface area contributed by atoms with Gasteiger partial charge in [-0.05, 0) is 24.0 Å². The summed E-state index contributed by atoms with van der Waals surface area (Å²) < 4.78 is 12.6. The van der Waals surface area contributed by atoms with E-state index in [2.05, 4.69) is 0 Å². The van der Waals surface area contributed by atoms with Gasteiger partial charge in [-0.25, -0.2) is 4.39 Å². The summed E-state index contributed by atoms with van der Waals surface area (Å²) >= 11 is 7.25. The molecule has 0 nitrogen and oxygen atoms in total. The lowest BCUT2D eigenvalue weighted by atomic mass is 10.2. The van der Waals surface area contributed by atoms with Crippen molar-refractivity contribution in [2.45, 2.75) is 5.75 Å². The van der Waals surface area contributed by atoms with Gasteiger partial charge in [-0.2, -0.15) is 11.8 Å². The predicted molar refractivity (Wildman–Crippen MR) is 48.6 cm³/mol. The Morgan fingerprint density at radius 3 is 2.82 bits per heavy atom. The van der Waals surface area contributed by atoms with Crippen molar-refractivity contribution in [2.24, 2.45) is 0 Å². The number of hydrogen-bond donors (Lipinski definition) is 0. The van der Waals surface area contributed by atoms with E-state index >= 15 is 0 Å². The molecular weight excluding hydrogens is 183 g/mol. The Morgan fingerprint density at radius 2 is 2.27 bits per heavy atom. The van der Waals surface area contributed by atoms with Crippen LogP contribution < -0.4 is 0 Å². The third-order valence-corrected chi connectivity index (χ3v) is 2.21. The number of halogens is 2. The molecule has 0 amide bonds. The topological polar surface area (TPSA) is 0 Å². The van der Waals surface area contributed by atoms with Crippen LogP contribution in [0.2, 0.25) is 5.02 Å². The normalized spacial score (nSPS) is 10.1. The molecule has 0 fully saturated rings. The van der Waals surface area contributed by atoms with Gasteiger partial charge in [0, 0.05) is 5.75 Å². The molecule has 11 heavy (non-hydrogen) atoms. The summed E-state index contributed by atoms with van der Waals surface area (Å²) in [7, 11) is 0. The van der Waals surface area contributed by atoms with Gasteiger partial charge in [0.1, 0.15) is 5.82 Å². The summed E-state index contributed by atoms with van der Waals surface area (Å²) in [5.41, 5.74) is 1.06. The van der Waals surface area contributed by atoms with E-state index in [4.69, 9.17) is 11.6 Å². The first kappa shape index (κ1) is 8.88. The largest absolute Gasteiger partial charge is 0.205 e. The van der Waals surface area contributed by atoms with Crippen molar-refractivity contribution in [1.82, 2.24) is 0 Å². The maximum Gasteiger partial charge on any atom is 0.141 e. The zero-order chi connectivity index (χ0) is 8.27. The van der Waals surface area contributed by atoms with Crippen molar-refractivity contribution in [1.29, 1.82) is 0 Å². The molecule has 0 bridgehead atoms. The molecule has 0 saturated carbocycles. The average molecular weight is 191 g/mol. The highest BCUT2D eigenvalue weighted by Crippen LogP contribution is 2.18. The SMILES string of the molecule is CSCc1ccc(F)c(Cl)c1. The van der Waals surface area contributed by atoms with Crippen molar-refractivity contribution >= 4 is 23.4 Å². The van der Waals surface area contributed by atoms with E-state index in [1.165, 1.54) is 6.07 Å². The Kier molecular flexibility index (Phi) is 3.21. The average Bonchev–Trinajstić information content (AvgIpc) is 1.98. The first-order valence-corrected chi connectivity index (χ1v) is 4.94. The maximum atomic E-state index is 12.6. The molecule has 3 heteroatoms. The van der Waals surface area contributed by atoms with Crippen LogP contribution >= 0.6 is 23.4 Å². The molecule has 0 heterocycles. The number of thioether (sulfide) groups is 1. The van der Waals surface area contributed by atoms with Crippen LogP contribution in [0.25, 0.3) is 0 Å². The van der Waals surface area contributed by atoms with Crippen LogP contribution in [0.3, 0.4) is 0 Å². The molecule has 0 aliphatic carbocycles. The van der Waals surface area contributed by atoms with Gasteiger partial charge in [0.15, 0.2) is 0 Å². The number of benzene rings is 1. The van der Waals surface area contributed by atoms with Crippen molar-refractivity contribution in [2.75, 3.05) is 6.26 Å². The second-order valence-electron chi connectivity index (χ2n) is 2.18. The van der Waals surface area contributed by atoms with Crippen LogP contribution in [0, 0.1) is 5.82 Å². The zero-order valence-electron chi connectivity index (χ0n) is 6.10. The van der Waals surface area contributed by atoms with Gasteiger partial charge >= 0.3 is 0 Å². The standard InChI is InChI=1S/C8H8ClFS/c1-11-5-6-2-3-8(10)7(9)4-6/h2-4H,5H2,1H3. The Morgan fingerprint density at radius 1 is 1.55 bits per heavy atom. The highest BCUT2D eigenvalue weighted by Gasteiger charge is 1.99. The molecule has 1 aromatic rings. The molecule has 0 radical (unpaired) electrons. The Bertz CT molecular complexity index is 250. The molecule has 0 unspecified atom stereocenters. The molecule has 0 spiro atoms. The van der Waals surface area contributed by atoms with Gasteiger partial charge < -0.3 is 0 Å². The quantitative estimate of drug-likeness (QED) is 0.690. The van der Waals surface area contributed by atoms with Crippen molar-refractivity contribution < 1.29 is 4.39 Å². The molecular formula is C8H8ClFS. The van der Waals surface area contributed by atoms with Crippen LogP contribution in [-0.2, 0) is 5.75 Å². The molecule has 0 aliphatic heterocycles. The monoisotopic (exact) mass is 190 g/mol. The van der Waals surface area contributed by atoms with E-state index in [-0.39, 0.29) is 10.8 Å². The molecule has 0 saturated heterocycles.